The zero-order valence-corrected chi connectivity index (χ0v) is 17.8. The number of piperidine rings is 1. The molecule has 2 heterocycles. The normalized spacial score (nSPS) is 20.8. The summed E-state index contributed by atoms with van der Waals surface area (Å²) < 4.78 is 2.18. The number of hydrogen-bond acceptors (Lipinski definition) is 3. The Morgan fingerprint density at radius 1 is 1.36 bits per heavy atom. The summed E-state index contributed by atoms with van der Waals surface area (Å²) in [7, 11) is 1.80. The standard InChI is InChI=1S/C17H30N6O.HI/c1-4-7-20-16(24)5-8-21-17(18-3)22-10-6-14(2)15(12-22)23-11-9-19-13-23;/h9,11,13-15H,4-8,10,12H2,1-3H3,(H,18,21)(H,20,24);1H. The molecule has 1 aliphatic heterocycles. The van der Waals surface area contributed by atoms with Gasteiger partial charge in [0, 0.05) is 52.0 Å². The Kier molecular flexibility index (Phi) is 9.84. The predicted molar refractivity (Wildman–Crippen MR) is 111 cm³/mol. The van der Waals surface area contributed by atoms with Crippen molar-refractivity contribution in [2.75, 3.05) is 33.2 Å². The lowest BCUT2D eigenvalue weighted by molar-refractivity contribution is -0.120. The lowest BCUT2D eigenvalue weighted by atomic mass is 9.93. The monoisotopic (exact) mass is 462 g/mol. The minimum absolute atomic E-state index is 0. The minimum Gasteiger partial charge on any atom is -0.356 e. The maximum atomic E-state index is 11.7. The minimum atomic E-state index is 0. The van der Waals surface area contributed by atoms with Gasteiger partial charge in [-0.3, -0.25) is 9.79 Å². The van der Waals surface area contributed by atoms with Crippen LogP contribution in [0.25, 0.3) is 0 Å². The van der Waals surface area contributed by atoms with Crippen LogP contribution >= 0.6 is 24.0 Å². The van der Waals surface area contributed by atoms with Gasteiger partial charge in [-0.1, -0.05) is 13.8 Å². The van der Waals surface area contributed by atoms with Gasteiger partial charge < -0.3 is 20.1 Å². The van der Waals surface area contributed by atoms with Crippen molar-refractivity contribution in [2.24, 2.45) is 10.9 Å². The Hall–Kier alpha value is -1.32. The highest BCUT2D eigenvalue weighted by Gasteiger charge is 2.28. The van der Waals surface area contributed by atoms with Gasteiger partial charge in [-0.05, 0) is 18.8 Å². The van der Waals surface area contributed by atoms with Crippen LogP contribution in [-0.4, -0.2) is 59.5 Å². The van der Waals surface area contributed by atoms with Gasteiger partial charge in [0.2, 0.25) is 5.91 Å². The number of hydrogen-bond donors (Lipinski definition) is 2. The largest absolute Gasteiger partial charge is 0.356 e. The van der Waals surface area contributed by atoms with E-state index in [0.717, 1.165) is 38.4 Å². The number of amides is 1. The summed E-state index contributed by atoms with van der Waals surface area (Å²) in [6, 6.07) is 0.396. The molecule has 2 unspecified atom stereocenters. The van der Waals surface area contributed by atoms with Crippen LogP contribution in [0.3, 0.4) is 0 Å². The molecule has 142 valence electrons. The molecule has 1 saturated heterocycles. The molecule has 25 heavy (non-hydrogen) atoms. The average molecular weight is 462 g/mol. The molecule has 1 amide bonds. The molecule has 1 aromatic heterocycles. The molecule has 7 nitrogen and oxygen atoms in total. The average Bonchev–Trinajstić information content (AvgIpc) is 3.12. The Bertz CT molecular complexity index is 533. The third-order valence-corrected chi connectivity index (χ3v) is 4.55. The number of nitrogens with one attached hydrogen (secondary N) is 2. The quantitative estimate of drug-likeness (QED) is 0.385. The van der Waals surface area contributed by atoms with Crippen molar-refractivity contribution < 1.29 is 4.79 Å². The number of carbonyl (C=O) groups is 1. The number of guanidine groups is 1. The Morgan fingerprint density at radius 2 is 2.16 bits per heavy atom. The van der Waals surface area contributed by atoms with Crippen LogP contribution in [-0.2, 0) is 4.79 Å². The molecule has 0 aromatic carbocycles. The van der Waals surface area contributed by atoms with Crippen LogP contribution < -0.4 is 10.6 Å². The van der Waals surface area contributed by atoms with Gasteiger partial charge in [0.15, 0.2) is 5.96 Å². The summed E-state index contributed by atoms with van der Waals surface area (Å²) >= 11 is 0. The molecule has 0 saturated carbocycles. The van der Waals surface area contributed by atoms with E-state index in [9.17, 15) is 4.79 Å². The number of rotatable bonds is 6. The molecule has 0 aliphatic carbocycles. The van der Waals surface area contributed by atoms with Crippen LogP contribution in [0.15, 0.2) is 23.7 Å². The second-order valence-corrected chi connectivity index (χ2v) is 6.36. The van der Waals surface area contributed by atoms with E-state index in [4.69, 9.17) is 0 Å². The molecular weight excluding hydrogens is 431 g/mol. The third kappa shape index (κ3) is 6.48. The fourth-order valence-corrected chi connectivity index (χ4v) is 3.07. The Balaban J connectivity index is 0.00000312. The van der Waals surface area contributed by atoms with E-state index in [-0.39, 0.29) is 29.9 Å². The lowest BCUT2D eigenvalue weighted by Crippen LogP contribution is -2.49. The van der Waals surface area contributed by atoms with Crippen molar-refractivity contribution in [3.63, 3.8) is 0 Å². The van der Waals surface area contributed by atoms with E-state index < -0.39 is 0 Å². The summed E-state index contributed by atoms with van der Waals surface area (Å²) in [5.41, 5.74) is 0. The van der Waals surface area contributed by atoms with Crippen molar-refractivity contribution in [1.29, 1.82) is 0 Å². The predicted octanol–water partition coefficient (Wildman–Crippen LogP) is 1.88. The second-order valence-electron chi connectivity index (χ2n) is 6.36. The van der Waals surface area contributed by atoms with E-state index in [1.54, 1.807) is 7.05 Å². The first kappa shape index (κ1) is 21.7. The van der Waals surface area contributed by atoms with E-state index in [0.29, 0.717) is 24.9 Å². The van der Waals surface area contributed by atoms with Gasteiger partial charge in [-0.25, -0.2) is 4.98 Å². The fourth-order valence-electron chi connectivity index (χ4n) is 3.07. The fraction of sp³-hybridized carbons (Fsp3) is 0.706. The molecule has 0 bridgehead atoms. The van der Waals surface area contributed by atoms with Gasteiger partial charge in [0.1, 0.15) is 0 Å². The first-order valence-electron chi connectivity index (χ1n) is 8.85. The van der Waals surface area contributed by atoms with Gasteiger partial charge >= 0.3 is 0 Å². The number of carbonyl (C=O) groups excluding carboxylic acids is 1. The summed E-state index contributed by atoms with van der Waals surface area (Å²) in [5, 5.41) is 6.21. The summed E-state index contributed by atoms with van der Waals surface area (Å²) in [6.45, 7) is 7.56. The van der Waals surface area contributed by atoms with Gasteiger partial charge in [0.05, 0.1) is 12.4 Å². The Morgan fingerprint density at radius 3 is 2.80 bits per heavy atom. The second kappa shape index (κ2) is 11.3. The Labute approximate surface area is 167 Å². The zero-order valence-electron chi connectivity index (χ0n) is 15.4. The molecule has 2 N–H and O–H groups in total. The lowest BCUT2D eigenvalue weighted by Gasteiger charge is -2.39. The highest BCUT2D eigenvalue weighted by atomic mass is 127. The maximum absolute atomic E-state index is 11.7. The van der Waals surface area contributed by atoms with Crippen molar-refractivity contribution in [1.82, 2.24) is 25.1 Å². The number of aliphatic imine (C=N–C) groups is 1. The first-order chi connectivity index (χ1) is 11.7. The van der Waals surface area contributed by atoms with Crippen LogP contribution in [0.4, 0.5) is 0 Å². The van der Waals surface area contributed by atoms with Gasteiger partial charge in [-0.2, -0.15) is 0 Å². The summed E-state index contributed by atoms with van der Waals surface area (Å²) in [5.74, 6) is 1.56. The molecular formula is C17H31IN6O. The zero-order chi connectivity index (χ0) is 17.4. The topological polar surface area (TPSA) is 74.6 Å². The van der Waals surface area contributed by atoms with Crippen LogP contribution in [0.1, 0.15) is 39.2 Å². The molecule has 8 heteroatoms. The summed E-state index contributed by atoms with van der Waals surface area (Å²) in [6.07, 6.45) is 8.28. The van der Waals surface area contributed by atoms with E-state index in [2.05, 4.69) is 43.9 Å². The third-order valence-electron chi connectivity index (χ3n) is 4.55. The molecule has 2 rings (SSSR count). The molecule has 1 aromatic rings. The molecule has 0 spiro atoms. The van der Waals surface area contributed by atoms with Crippen LogP contribution in [0.5, 0.6) is 0 Å². The van der Waals surface area contributed by atoms with Crippen LogP contribution in [0.2, 0.25) is 0 Å². The van der Waals surface area contributed by atoms with Gasteiger partial charge in [-0.15, -0.1) is 24.0 Å². The number of halogens is 1. The number of likely N-dealkylation sites (tertiary alicyclic amines) is 1. The maximum Gasteiger partial charge on any atom is 0.221 e. The van der Waals surface area contributed by atoms with Crippen molar-refractivity contribution >= 4 is 35.8 Å². The van der Waals surface area contributed by atoms with Crippen LogP contribution in [0, 0.1) is 5.92 Å². The number of nitrogens with zero attached hydrogens (tertiary/aromatic N) is 4. The highest BCUT2D eigenvalue weighted by Crippen LogP contribution is 2.27. The first-order valence-corrected chi connectivity index (χ1v) is 8.85. The summed E-state index contributed by atoms with van der Waals surface area (Å²) in [4.78, 5) is 22.5. The molecule has 1 aliphatic rings. The van der Waals surface area contributed by atoms with E-state index in [1.165, 1.54) is 0 Å². The molecule has 1 fully saturated rings. The smallest absolute Gasteiger partial charge is 0.221 e. The van der Waals surface area contributed by atoms with Crippen molar-refractivity contribution in [3.05, 3.63) is 18.7 Å². The molecule has 2 atom stereocenters. The van der Waals surface area contributed by atoms with Crippen molar-refractivity contribution in [2.45, 2.75) is 39.2 Å². The van der Waals surface area contributed by atoms with Gasteiger partial charge in [0.25, 0.3) is 0 Å². The highest BCUT2D eigenvalue weighted by molar-refractivity contribution is 14.0. The number of imidazole rings is 1. The SMILES string of the molecule is CCCNC(=O)CCNC(=NC)N1CCC(C)C(n2ccnc2)C1.I. The van der Waals surface area contributed by atoms with Crippen molar-refractivity contribution in [3.8, 4) is 0 Å². The molecule has 0 radical (unpaired) electrons. The number of aromatic nitrogens is 2. The van der Waals surface area contributed by atoms with E-state index >= 15 is 0 Å². The van der Waals surface area contributed by atoms with E-state index in [1.807, 2.05) is 18.7 Å².